The van der Waals surface area contributed by atoms with Gasteiger partial charge in [0.05, 0.1) is 10.6 Å². The second-order valence-electron chi connectivity index (χ2n) is 11.8. The molecule has 3 aliphatic rings. The molecular formula is C25H40O9SSi. The third-order valence-corrected chi connectivity index (χ3v) is 14.9. The van der Waals surface area contributed by atoms with Crippen LogP contribution in [0.25, 0.3) is 0 Å². The van der Waals surface area contributed by atoms with E-state index < -0.39 is 71.6 Å². The highest BCUT2D eigenvalue weighted by Crippen LogP contribution is 2.57. The molecule has 0 radical (unpaired) electrons. The average Bonchev–Trinajstić information content (AvgIpc) is 3.52. The molecule has 0 amide bonds. The van der Waals surface area contributed by atoms with Crippen molar-refractivity contribution in [1.82, 2.24) is 0 Å². The van der Waals surface area contributed by atoms with Crippen LogP contribution in [0.2, 0.25) is 18.1 Å². The molecule has 2 saturated heterocycles. The number of aliphatic hydroxyl groups is 1. The van der Waals surface area contributed by atoms with Crippen molar-refractivity contribution in [3.05, 3.63) is 30.3 Å². The van der Waals surface area contributed by atoms with E-state index in [4.69, 9.17) is 28.1 Å². The fourth-order valence-corrected chi connectivity index (χ4v) is 7.96. The standard InChI is InChI=1S/C25H40O9SSi/c1-22(2,3)36(8,9)34-18-17-19(32-24(5,30-7)23(4,29-6)31-17)21-25(33-21,20(18)26)15-35(27,28)16-13-11-10-12-14-16/h10-14,17-21,26H,15H2,1-9H3/t17-,18+,19+,20-,21+,23+,24+,25-/m1/s1. The molecule has 0 aromatic heterocycles. The van der Waals surface area contributed by atoms with Gasteiger partial charge in [-0.2, -0.15) is 0 Å². The summed E-state index contributed by atoms with van der Waals surface area (Å²) in [6.07, 6.45) is -4.43. The Labute approximate surface area is 215 Å². The highest BCUT2D eigenvalue weighted by molar-refractivity contribution is 7.91. The van der Waals surface area contributed by atoms with E-state index in [-0.39, 0.29) is 9.93 Å². The highest BCUT2D eigenvalue weighted by atomic mass is 32.2. The van der Waals surface area contributed by atoms with Crippen LogP contribution in [0.15, 0.2) is 35.2 Å². The van der Waals surface area contributed by atoms with Gasteiger partial charge in [-0.05, 0) is 44.1 Å². The molecule has 1 aromatic carbocycles. The maximum atomic E-state index is 13.4. The zero-order valence-electron chi connectivity index (χ0n) is 22.6. The third kappa shape index (κ3) is 4.30. The molecule has 0 unspecified atom stereocenters. The molecule has 0 spiro atoms. The largest absolute Gasteiger partial charge is 0.408 e. The SMILES string of the molecule is CO[C@@]1(C)O[C@@H]2[C@H](O[Si](C)(C)C(C)(C)C)[C@@H](O)[C@@]3(CS(=O)(=O)c4ccccc4)O[C@H]3[C@H]2O[C@]1(C)OC. The van der Waals surface area contributed by atoms with Crippen LogP contribution in [-0.2, 0) is 37.9 Å². The maximum Gasteiger partial charge on any atom is 0.220 e. The van der Waals surface area contributed by atoms with Crippen LogP contribution >= 0.6 is 0 Å². The van der Waals surface area contributed by atoms with E-state index in [2.05, 4.69) is 33.9 Å². The van der Waals surface area contributed by atoms with Gasteiger partial charge in [0, 0.05) is 14.2 Å². The molecule has 3 fully saturated rings. The predicted molar refractivity (Wildman–Crippen MR) is 135 cm³/mol. The van der Waals surface area contributed by atoms with E-state index in [1.807, 2.05) is 0 Å². The van der Waals surface area contributed by atoms with Gasteiger partial charge in [0.1, 0.15) is 36.1 Å². The van der Waals surface area contributed by atoms with Crippen LogP contribution in [-0.4, -0.2) is 89.5 Å². The lowest BCUT2D eigenvalue weighted by atomic mass is 9.80. The van der Waals surface area contributed by atoms with E-state index in [0.29, 0.717) is 0 Å². The Morgan fingerprint density at radius 1 is 0.972 bits per heavy atom. The maximum absolute atomic E-state index is 13.4. The van der Waals surface area contributed by atoms with Crippen molar-refractivity contribution >= 4 is 18.2 Å². The normalized spacial score (nSPS) is 40.9. The summed E-state index contributed by atoms with van der Waals surface area (Å²) in [4.78, 5) is 0.166. The van der Waals surface area contributed by atoms with Crippen LogP contribution in [0.4, 0.5) is 0 Å². The smallest absolute Gasteiger partial charge is 0.220 e. The Morgan fingerprint density at radius 2 is 1.50 bits per heavy atom. The number of fused-ring (bicyclic) bond motifs is 3. The van der Waals surface area contributed by atoms with Gasteiger partial charge in [-0.3, -0.25) is 0 Å². The molecule has 1 saturated carbocycles. The summed E-state index contributed by atoms with van der Waals surface area (Å²) < 4.78 is 63.8. The van der Waals surface area contributed by atoms with Crippen LogP contribution in [0.5, 0.6) is 0 Å². The number of ether oxygens (including phenoxy) is 5. The fourth-order valence-electron chi connectivity index (χ4n) is 4.92. The van der Waals surface area contributed by atoms with Gasteiger partial charge in [-0.15, -0.1) is 0 Å². The fraction of sp³-hybridized carbons (Fsp3) is 0.760. The van der Waals surface area contributed by atoms with Crippen molar-refractivity contribution < 1.29 is 41.6 Å². The number of methoxy groups -OCH3 is 2. The molecule has 1 N–H and O–H groups in total. The molecule has 11 heteroatoms. The lowest BCUT2D eigenvalue weighted by Gasteiger charge is -2.56. The zero-order valence-corrected chi connectivity index (χ0v) is 24.4. The number of aliphatic hydroxyl groups excluding tert-OH is 1. The Hall–Kier alpha value is -0.893. The second-order valence-corrected chi connectivity index (χ2v) is 18.6. The topological polar surface area (TPSA) is 113 Å². The molecule has 204 valence electrons. The van der Waals surface area contributed by atoms with E-state index in [1.165, 1.54) is 26.4 Å². The first kappa shape index (κ1) is 28.1. The van der Waals surface area contributed by atoms with E-state index in [1.54, 1.807) is 32.0 Å². The van der Waals surface area contributed by atoms with Gasteiger partial charge in [0.15, 0.2) is 18.2 Å². The lowest BCUT2D eigenvalue weighted by molar-refractivity contribution is -0.458. The van der Waals surface area contributed by atoms with E-state index >= 15 is 0 Å². The molecular weight excluding hydrogens is 504 g/mol. The van der Waals surface area contributed by atoms with Crippen molar-refractivity contribution in [2.45, 2.75) is 105 Å². The Kier molecular flexibility index (Phi) is 6.89. The van der Waals surface area contributed by atoms with E-state index in [0.717, 1.165) is 0 Å². The van der Waals surface area contributed by atoms with Crippen molar-refractivity contribution in [2.24, 2.45) is 0 Å². The Balaban J connectivity index is 1.76. The van der Waals surface area contributed by atoms with Crippen LogP contribution < -0.4 is 0 Å². The van der Waals surface area contributed by atoms with Crippen LogP contribution in [0.1, 0.15) is 34.6 Å². The predicted octanol–water partition coefficient (Wildman–Crippen LogP) is 2.87. The van der Waals surface area contributed by atoms with Crippen molar-refractivity contribution in [1.29, 1.82) is 0 Å². The van der Waals surface area contributed by atoms with Gasteiger partial charge < -0.3 is 33.2 Å². The van der Waals surface area contributed by atoms with Crippen LogP contribution in [0, 0.1) is 0 Å². The Bertz CT molecular complexity index is 1070. The molecule has 0 bridgehead atoms. The molecule has 8 atom stereocenters. The summed E-state index contributed by atoms with van der Waals surface area (Å²) >= 11 is 0. The summed E-state index contributed by atoms with van der Waals surface area (Å²) in [6, 6.07) is 8.16. The molecule has 36 heavy (non-hydrogen) atoms. The van der Waals surface area contributed by atoms with Crippen molar-refractivity contribution in [3.8, 4) is 0 Å². The number of sulfone groups is 1. The minimum atomic E-state index is -3.79. The summed E-state index contributed by atoms with van der Waals surface area (Å²) in [5.41, 5.74) is -1.40. The molecule has 2 aliphatic heterocycles. The van der Waals surface area contributed by atoms with E-state index in [9.17, 15) is 13.5 Å². The minimum Gasteiger partial charge on any atom is -0.408 e. The molecule has 1 aromatic rings. The van der Waals surface area contributed by atoms with Crippen LogP contribution in [0.3, 0.4) is 0 Å². The van der Waals surface area contributed by atoms with Crippen molar-refractivity contribution in [2.75, 3.05) is 20.0 Å². The molecule has 4 rings (SSSR count). The Morgan fingerprint density at radius 3 is 2.00 bits per heavy atom. The quantitative estimate of drug-likeness (QED) is 0.409. The number of hydrogen-bond acceptors (Lipinski definition) is 9. The van der Waals surface area contributed by atoms with Gasteiger partial charge in [0.25, 0.3) is 0 Å². The number of hydrogen-bond donors (Lipinski definition) is 1. The van der Waals surface area contributed by atoms with Gasteiger partial charge >= 0.3 is 0 Å². The molecule has 2 heterocycles. The second kappa shape index (κ2) is 8.82. The van der Waals surface area contributed by atoms with Gasteiger partial charge in [-0.25, -0.2) is 8.42 Å². The molecule has 1 aliphatic carbocycles. The average molecular weight is 545 g/mol. The molecule has 9 nitrogen and oxygen atoms in total. The number of rotatable bonds is 7. The summed E-state index contributed by atoms with van der Waals surface area (Å²) in [6.45, 7) is 13.8. The summed E-state index contributed by atoms with van der Waals surface area (Å²) in [5, 5.41) is 11.6. The number of epoxide rings is 1. The first-order valence-corrected chi connectivity index (χ1v) is 16.8. The monoisotopic (exact) mass is 544 g/mol. The zero-order chi connectivity index (χ0) is 26.9. The first-order chi connectivity index (χ1) is 16.5. The highest BCUT2D eigenvalue weighted by Gasteiger charge is 2.77. The van der Waals surface area contributed by atoms with Gasteiger partial charge in [-0.1, -0.05) is 39.0 Å². The third-order valence-electron chi connectivity index (χ3n) is 8.61. The minimum absolute atomic E-state index is 0.166. The van der Waals surface area contributed by atoms with Gasteiger partial charge in [0.2, 0.25) is 11.6 Å². The summed E-state index contributed by atoms with van der Waals surface area (Å²) in [7, 11) is -3.25. The first-order valence-electron chi connectivity index (χ1n) is 12.2. The number of benzene rings is 1. The summed E-state index contributed by atoms with van der Waals surface area (Å²) in [5.74, 6) is -3.05. The van der Waals surface area contributed by atoms with Crippen molar-refractivity contribution in [3.63, 3.8) is 0 Å². The lowest BCUT2D eigenvalue weighted by Crippen LogP contribution is -2.74.